The SMILES string of the molecule is Cc1cc[n+]2c(c1)-c1ccc(-c3ccccc3)cc1/C2=C1\C2c3ccccc3-c3cccc(C)[n+]3C12. The van der Waals surface area contributed by atoms with Crippen molar-refractivity contribution in [3.63, 3.8) is 0 Å². The lowest BCUT2D eigenvalue weighted by atomic mass is 9.95. The van der Waals surface area contributed by atoms with Crippen molar-refractivity contribution >= 4 is 5.70 Å². The molecule has 2 aromatic heterocycles. The molecular formula is C34H26N2+2. The highest BCUT2D eigenvalue weighted by Crippen LogP contribution is 2.62. The number of allylic oxidation sites excluding steroid dienone is 1. The maximum Gasteiger partial charge on any atom is 0.226 e. The van der Waals surface area contributed by atoms with Crippen molar-refractivity contribution in [1.29, 1.82) is 0 Å². The van der Waals surface area contributed by atoms with Crippen LogP contribution in [0.25, 0.3) is 39.3 Å². The molecule has 4 heterocycles. The van der Waals surface area contributed by atoms with Crippen LogP contribution < -0.4 is 9.13 Å². The molecule has 5 aromatic rings. The van der Waals surface area contributed by atoms with E-state index in [9.17, 15) is 0 Å². The monoisotopic (exact) mass is 462 g/mol. The lowest BCUT2D eigenvalue weighted by Gasteiger charge is -2.14. The molecule has 0 N–H and O–H groups in total. The molecule has 1 aliphatic carbocycles. The predicted octanol–water partition coefficient (Wildman–Crippen LogP) is 6.80. The Morgan fingerprint density at radius 2 is 1.44 bits per heavy atom. The van der Waals surface area contributed by atoms with Gasteiger partial charge in [-0.05, 0) is 53.4 Å². The fraction of sp³-hybridized carbons (Fsp3) is 0.118. The van der Waals surface area contributed by atoms with Gasteiger partial charge in [-0.2, -0.15) is 9.13 Å². The number of aryl methyl sites for hydroxylation is 2. The normalized spacial score (nSPS) is 20.2. The van der Waals surface area contributed by atoms with Gasteiger partial charge in [0.25, 0.3) is 0 Å². The zero-order valence-corrected chi connectivity index (χ0v) is 20.4. The Bertz CT molecular complexity index is 1760. The van der Waals surface area contributed by atoms with Crippen molar-refractivity contribution < 1.29 is 9.13 Å². The Balaban J connectivity index is 1.43. The number of nitrogens with zero attached hydrogens (tertiary/aromatic N) is 2. The average molecular weight is 463 g/mol. The summed E-state index contributed by atoms with van der Waals surface area (Å²) in [5, 5.41) is 0. The minimum atomic E-state index is 0.360. The minimum Gasteiger partial charge on any atom is -0.188 e. The third-order valence-corrected chi connectivity index (χ3v) is 8.22. The van der Waals surface area contributed by atoms with Gasteiger partial charge in [0.2, 0.25) is 17.1 Å². The van der Waals surface area contributed by atoms with E-state index >= 15 is 0 Å². The Morgan fingerprint density at radius 3 is 2.33 bits per heavy atom. The first-order chi connectivity index (χ1) is 17.7. The van der Waals surface area contributed by atoms with E-state index in [1.165, 1.54) is 67.3 Å². The van der Waals surface area contributed by atoms with Gasteiger partial charge in [-0.3, -0.25) is 0 Å². The Morgan fingerprint density at radius 1 is 0.611 bits per heavy atom. The highest BCUT2D eigenvalue weighted by molar-refractivity contribution is 5.88. The van der Waals surface area contributed by atoms with E-state index in [0.29, 0.717) is 12.0 Å². The highest BCUT2D eigenvalue weighted by Gasteiger charge is 2.63. The second kappa shape index (κ2) is 7.11. The summed E-state index contributed by atoms with van der Waals surface area (Å²) in [4.78, 5) is 0. The fourth-order valence-corrected chi connectivity index (χ4v) is 6.59. The number of rotatable bonds is 1. The molecule has 2 atom stereocenters. The first kappa shape index (κ1) is 19.9. The molecule has 170 valence electrons. The van der Waals surface area contributed by atoms with Gasteiger partial charge >= 0.3 is 0 Å². The first-order valence-electron chi connectivity index (χ1n) is 12.8. The van der Waals surface area contributed by atoms with E-state index < -0.39 is 0 Å². The van der Waals surface area contributed by atoms with Gasteiger partial charge in [0.15, 0.2) is 17.9 Å². The molecule has 0 amide bonds. The number of hydrogen-bond donors (Lipinski definition) is 0. The maximum absolute atomic E-state index is 2.57. The summed E-state index contributed by atoms with van der Waals surface area (Å²) in [6, 6.07) is 38.4. The highest BCUT2D eigenvalue weighted by atomic mass is 15.1. The number of benzene rings is 3. The standard InChI is InChI=1S/C34H26N2/c1-21-17-18-35-30(19-21)26-16-15-24(23-10-4-3-5-11-23)20-28(26)33(35)32-31-27-13-7-6-12-25(27)29-14-8-9-22(2)36(29)34(31)32/h3-20,31,34H,1-2H3/q+2/b33-32-. The average Bonchev–Trinajstić information content (AvgIpc) is 3.57. The summed E-state index contributed by atoms with van der Waals surface area (Å²) in [7, 11) is 0. The number of hydrogen-bond acceptors (Lipinski definition) is 0. The molecule has 2 unspecified atom stereocenters. The molecule has 1 saturated carbocycles. The van der Waals surface area contributed by atoms with Crippen LogP contribution >= 0.6 is 0 Å². The molecule has 3 aliphatic rings. The van der Waals surface area contributed by atoms with Crippen LogP contribution in [-0.2, 0) is 0 Å². The van der Waals surface area contributed by atoms with Crippen molar-refractivity contribution in [2.75, 3.05) is 0 Å². The van der Waals surface area contributed by atoms with Crippen LogP contribution in [-0.4, -0.2) is 0 Å². The Hall–Kier alpha value is -4.30. The summed E-state index contributed by atoms with van der Waals surface area (Å²) in [5.74, 6) is 0.405. The van der Waals surface area contributed by atoms with E-state index in [2.05, 4.69) is 132 Å². The van der Waals surface area contributed by atoms with Gasteiger partial charge < -0.3 is 0 Å². The molecular weight excluding hydrogens is 436 g/mol. The molecule has 3 aromatic carbocycles. The third-order valence-electron chi connectivity index (χ3n) is 8.22. The molecule has 2 aliphatic heterocycles. The van der Waals surface area contributed by atoms with E-state index in [1.807, 2.05) is 0 Å². The van der Waals surface area contributed by atoms with Gasteiger partial charge in [0.1, 0.15) is 0 Å². The van der Waals surface area contributed by atoms with Crippen molar-refractivity contribution in [2.45, 2.75) is 25.8 Å². The molecule has 2 nitrogen and oxygen atoms in total. The van der Waals surface area contributed by atoms with Gasteiger partial charge in [0.05, 0.1) is 28.2 Å². The van der Waals surface area contributed by atoms with Crippen LogP contribution in [0.5, 0.6) is 0 Å². The molecule has 0 radical (unpaired) electrons. The largest absolute Gasteiger partial charge is 0.226 e. The van der Waals surface area contributed by atoms with E-state index in [4.69, 9.17) is 0 Å². The van der Waals surface area contributed by atoms with Crippen LogP contribution in [0.4, 0.5) is 0 Å². The van der Waals surface area contributed by atoms with Crippen LogP contribution in [0.2, 0.25) is 0 Å². The van der Waals surface area contributed by atoms with Gasteiger partial charge in [-0.1, -0.05) is 54.6 Å². The maximum atomic E-state index is 2.57. The van der Waals surface area contributed by atoms with E-state index in [0.717, 1.165) is 0 Å². The van der Waals surface area contributed by atoms with E-state index in [1.54, 1.807) is 0 Å². The predicted molar refractivity (Wildman–Crippen MR) is 143 cm³/mol. The summed E-state index contributed by atoms with van der Waals surface area (Å²) in [5.41, 5.74) is 16.1. The first-order valence-corrected chi connectivity index (χ1v) is 12.8. The van der Waals surface area contributed by atoms with Crippen LogP contribution in [0, 0.1) is 13.8 Å². The smallest absolute Gasteiger partial charge is 0.188 e. The zero-order valence-electron chi connectivity index (χ0n) is 20.4. The quantitative estimate of drug-likeness (QED) is 0.237. The zero-order chi connectivity index (χ0) is 24.0. The topological polar surface area (TPSA) is 7.76 Å². The summed E-state index contributed by atoms with van der Waals surface area (Å²) < 4.78 is 5.02. The number of aromatic nitrogens is 2. The second-order valence-corrected chi connectivity index (χ2v) is 10.3. The minimum absolute atomic E-state index is 0.360. The van der Waals surface area contributed by atoms with Crippen molar-refractivity contribution in [2.24, 2.45) is 0 Å². The van der Waals surface area contributed by atoms with Gasteiger partial charge in [-0.15, -0.1) is 0 Å². The molecule has 0 bridgehead atoms. The lowest BCUT2D eigenvalue weighted by molar-refractivity contribution is -0.694. The summed E-state index contributed by atoms with van der Waals surface area (Å²) in [6.07, 6.45) is 2.27. The second-order valence-electron chi connectivity index (χ2n) is 10.3. The summed E-state index contributed by atoms with van der Waals surface area (Å²) in [6.45, 7) is 4.43. The number of pyridine rings is 2. The van der Waals surface area contributed by atoms with Crippen LogP contribution in [0.3, 0.4) is 0 Å². The van der Waals surface area contributed by atoms with Crippen molar-refractivity contribution in [1.82, 2.24) is 0 Å². The van der Waals surface area contributed by atoms with E-state index in [-0.39, 0.29) is 0 Å². The molecule has 0 saturated heterocycles. The molecule has 8 rings (SSSR count). The lowest BCUT2D eigenvalue weighted by Crippen LogP contribution is -2.41. The van der Waals surface area contributed by atoms with Crippen molar-refractivity contribution in [3.05, 3.63) is 137 Å². The van der Waals surface area contributed by atoms with Gasteiger partial charge in [0, 0.05) is 31.2 Å². The molecule has 0 spiro atoms. The Labute approximate surface area is 211 Å². The van der Waals surface area contributed by atoms with Crippen LogP contribution in [0.15, 0.2) is 115 Å². The summed E-state index contributed by atoms with van der Waals surface area (Å²) >= 11 is 0. The van der Waals surface area contributed by atoms with Crippen molar-refractivity contribution in [3.8, 4) is 33.6 Å². The molecule has 36 heavy (non-hydrogen) atoms. The molecule has 2 heteroatoms. The van der Waals surface area contributed by atoms with Gasteiger partial charge in [-0.25, -0.2) is 0 Å². The Kier molecular flexibility index (Phi) is 3.94. The molecule has 1 fully saturated rings. The van der Waals surface area contributed by atoms with Crippen LogP contribution in [0.1, 0.15) is 34.3 Å². The fourth-order valence-electron chi connectivity index (χ4n) is 6.59. The number of fused-ring (bicyclic) bond motifs is 9. The third kappa shape index (κ3) is 2.62.